The van der Waals surface area contributed by atoms with Gasteiger partial charge in [-0.3, -0.25) is 9.59 Å². The number of piperidine rings is 1. The maximum absolute atomic E-state index is 13.6. The summed E-state index contributed by atoms with van der Waals surface area (Å²) in [5.41, 5.74) is 0.727. The summed E-state index contributed by atoms with van der Waals surface area (Å²) in [5.74, 6) is 0.942. The van der Waals surface area contributed by atoms with E-state index in [1.165, 1.54) is 4.68 Å². The van der Waals surface area contributed by atoms with Crippen LogP contribution in [-0.4, -0.2) is 70.0 Å². The Labute approximate surface area is 163 Å². The number of hydrogen-bond acceptors (Lipinski definition) is 4. The first kappa shape index (κ1) is 19.1. The molecule has 0 aromatic carbocycles. The third-order valence-electron chi connectivity index (χ3n) is 6.25. The number of aryl methyl sites for hydroxylation is 1. The van der Waals surface area contributed by atoms with Crippen molar-refractivity contribution in [1.29, 1.82) is 0 Å². The van der Waals surface area contributed by atoms with E-state index in [-0.39, 0.29) is 30.3 Å². The van der Waals surface area contributed by atoms with Crippen LogP contribution < -0.4 is 5.32 Å². The molecule has 1 aromatic rings. The minimum atomic E-state index is -2.46. The topological polar surface area (TPSA) is 70.5 Å². The summed E-state index contributed by atoms with van der Waals surface area (Å²) >= 11 is 0. The number of amides is 2. The molecule has 1 aromatic heterocycles. The second kappa shape index (κ2) is 7.67. The van der Waals surface area contributed by atoms with Crippen molar-refractivity contribution in [2.75, 3.05) is 31.5 Å². The van der Waals surface area contributed by atoms with Crippen LogP contribution in [0.4, 0.5) is 14.6 Å². The Morgan fingerprint density at radius 3 is 2.71 bits per heavy atom. The van der Waals surface area contributed by atoms with Crippen LogP contribution in [-0.2, 0) is 9.59 Å². The van der Waals surface area contributed by atoms with E-state index >= 15 is 0 Å². The second-order valence-corrected chi connectivity index (χ2v) is 8.14. The molecule has 2 amide bonds. The first-order valence-corrected chi connectivity index (χ1v) is 10.1. The number of anilines is 1. The summed E-state index contributed by atoms with van der Waals surface area (Å²) in [6, 6.07) is 0.864. The zero-order chi connectivity index (χ0) is 19.8. The molecule has 7 nitrogen and oxygen atoms in total. The maximum Gasteiger partial charge on any atom is 0.260 e. The fraction of sp³-hybridized carbons (Fsp3) is 0.737. The Hall–Kier alpha value is -2.19. The zero-order valence-corrected chi connectivity index (χ0v) is 16.1. The fourth-order valence-electron chi connectivity index (χ4n) is 4.69. The highest BCUT2D eigenvalue weighted by molar-refractivity contribution is 5.85. The summed E-state index contributed by atoms with van der Waals surface area (Å²) in [5, 5.41) is 7.60. The molecule has 2 atom stereocenters. The molecule has 154 valence electrons. The van der Waals surface area contributed by atoms with Gasteiger partial charge in [0, 0.05) is 38.2 Å². The van der Waals surface area contributed by atoms with Gasteiger partial charge in [0.2, 0.25) is 11.8 Å². The number of nitrogens with zero attached hydrogens (tertiary/aromatic N) is 4. The van der Waals surface area contributed by atoms with E-state index in [1.54, 1.807) is 11.8 Å². The van der Waals surface area contributed by atoms with Crippen molar-refractivity contribution in [1.82, 2.24) is 19.6 Å². The molecule has 4 rings (SSSR count). The number of aromatic nitrogens is 2. The second-order valence-electron chi connectivity index (χ2n) is 8.14. The van der Waals surface area contributed by atoms with Gasteiger partial charge < -0.3 is 15.1 Å². The van der Waals surface area contributed by atoms with Crippen molar-refractivity contribution < 1.29 is 18.4 Å². The lowest BCUT2D eigenvalue weighted by atomic mass is 9.85. The number of carbonyl (C=O) groups excluding carboxylic acids is 2. The summed E-state index contributed by atoms with van der Waals surface area (Å²) in [6.07, 6.45) is 0.794. The third kappa shape index (κ3) is 3.71. The van der Waals surface area contributed by atoms with Crippen LogP contribution in [0.5, 0.6) is 0 Å². The molecule has 0 unspecified atom stereocenters. The minimum Gasteiger partial charge on any atom is -0.367 e. The molecule has 2 fully saturated rings. The first-order valence-electron chi connectivity index (χ1n) is 10.1. The summed E-state index contributed by atoms with van der Waals surface area (Å²) < 4.78 is 28.6. The van der Waals surface area contributed by atoms with E-state index in [2.05, 4.69) is 10.4 Å². The van der Waals surface area contributed by atoms with Crippen molar-refractivity contribution in [2.24, 2.45) is 5.92 Å². The van der Waals surface area contributed by atoms with E-state index in [4.69, 9.17) is 0 Å². The van der Waals surface area contributed by atoms with Gasteiger partial charge in [-0.25, -0.2) is 13.5 Å². The largest absolute Gasteiger partial charge is 0.367 e. The number of carbonyl (C=O) groups is 2. The highest BCUT2D eigenvalue weighted by Gasteiger charge is 2.38. The molecule has 3 aliphatic rings. The summed E-state index contributed by atoms with van der Waals surface area (Å²) in [7, 11) is 0. The van der Waals surface area contributed by atoms with Gasteiger partial charge in [-0.15, -0.1) is 0 Å². The Kier molecular flexibility index (Phi) is 5.25. The van der Waals surface area contributed by atoms with Crippen molar-refractivity contribution in [2.45, 2.75) is 57.5 Å². The maximum atomic E-state index is 13.6. The summed E-state index contributed by atoms with van der Waals surface area (Å²) in [4.78, 5) is 27.7. The molecule has 9 heteroatoms. The van der Waals surface area contributed by atoms with E-state index < -0.39 is 12.5 Å². The standard InChI is InChI=1S/C19H27F2N5O2/c1-12-9-16-22-14(10-15(19(20)21)26(16)23-12)13-4-7-24(8-5-13)18(28)11-25-6-2-3-17(25)27/h9,13-15,19,22H,2-8,10-11H2,1H3/t14-,15+/m0/s1. The molecule has 0 radical (unpaired) electrons. The van der Waals surface area contributed by atoms with Crippen molar-refractivity contribution in [3.8, 4) is 0 Å². The van der Waals surface area contributed by atoms with Gasteiger partial charge >= 0.3 is 0 Å². The quantitative estimate of drug-likeness (QED) is 0.847. The van der Waals surface area contributed by atoms with Crippen molar-refractivity contribution in [3.05, 3.63) is 11.8 Å². The zero-order valence-electron chi connectivity index (χ0n) is 16.1. The number of rotatable bonds is 4. The molecule has 28 heavy (non-hydrogen) atoms. The molecule has 0 aliphatic carbocycles. The Bertz CT molecular complexity index is 745. The fourth-order valence-corrected chi connectivity index (χ4v) is 4.69. The van der Waals surface area contributed by atoms with Gasteiger partial charge in [-0.05, 0) is 38.5 Å². The Morgan fingerprint density at radius 1 is 1.32 bits per heavy atom. The van der Waals surface area contributed by atoms with Crippen LogP contribution in [0.1, 0.15) is 43.8 Å². The first-order chi connectivity index (χ1) is 13.4. The predicted octanol–water partition coefficient (Wildman–Crippen LogP) is 2.04. The highest BCUT2D eigenvalue weighted by Crippen LogP contribution is 2.36. The average molecular weight is 395 g/mol. The van der Waals surface area contributed by atoms with Crippen LogP contribution in [0.25, 0.3) is 0 Å². The molecular formula is C19H27F2N5O2. The Morgan fingerprint density at radius 2 is 2.07 bits per heavy atom. The number of nitrogens with one attached hydrogen (secondary N) is 1. The van der Waals surface area contributed by atoms with Crippen LogP contribution in [0.3, 0.4) is 0 Å². The van der Waals surface area contributed by atoms with Gasteiger partial charge in [0.15, 0.2) is 0 Å². The molecule has 0 spiro atoms. The molecule has 4 heterocycles. The van der Waals surface area contributed by atoms with Crippen molar-refractivity contribution >= 4 is 17.6 Å². The molecule has 0 saturated carbocycles. The van der Waals surface area contributed by atoms with Gasteiger partial charge in [0.1, 0.15) is 11.9 Å². The molecule has 2 saturated heterocycles. The molecule has 3 aliphatic heterocycles. The van der Waals surface area contributed by atoms with Crippen LogP contribution in [0.15, 0.2) is 6.07 Å². The van der Waals surface area contributed by atoms with Gasteiger partial charge in [-0.2, -0.15) is 5.10 Å². The van der Waals surface area contributed by atoms with E-state index in [0.717, 1.165) is 25.0 Å². The molecule has 0 bridgehead atoms. The number of likely N-dealkylation sites (tertiary alicyclic amines) is 2. The third-order valence-corrected chi connectivity index (χ3v) is 6.25. The van der Waals surface area contributed by atoms with Crippen LogP contribution in [0, 0.1) is 12.8 Å². The highest BCUT2D eigenvalue weighted by atomic mass is 19.3. The lowest BCUT2D eigenvalue weighted by Gasteiger charge is -2.40. The lowest BCUT2D eigenvalue weighted by molar-refractivity contribution is -0.139. The minimum absolute atomic E-state index is 0.00976. The van der Waals surface area contributed by atoms with Gasteiger partial charge in [0.05, 0.1) is 12.2 Å². The van der Waals surface area contributed by atoms with Crippen LogP contribution >= 0.6 is 0 Å². The van der Waals surface area contributed by atoms with Gasteiger partial charge in [0.25, 0.3) is 6.43 Å². The molecule has 1 N–H and O–H groups in total. The molecular weight excluding hydrogens is 368 g/mol. The summed E-state index contributed by atoms with van der Waals surface area (Å²) in [6.45, 7) is 3.86. The number of halogens is 2. The van der Waals surface area contributed by atoms with Crippen LogP contribution in [0.2, 0.25) is 0 Å². The number of alkyl halides is 2. The average Bonchev–Trinajstić information content (AvgIpc) is 3.25. The Balaban J connectivity index is 1.35. The van der Waals surface area contributed by atoms with Crippen molar-refractivity contribution in [3.63, 3.8) is 0 Å². The lowest BCUT2D eigenvalue weighted by Crippen LogP contribution is -2.48. The van der Waals surface area contributed by atoms with Gasteiger partial charge in [-0.1, -0.05) is 0 Å². The number of hydrogen-bond donors (Lipinski definition) is 1. The number of fused-ring (bicyclic) bond motifs is 1. The van der Waals surface area contributed by atoms with E-state index in [1.807, 2.05) is 11.0 Å². The smallest absolute Gasteiger partial charge is 0.260 e. The van der Waals surface area contributed by atoms with E-state index in [9.17, 15) is 18.4 Å². The van der Waals surface area contributed by atoms with E-state index in [0.29, 0.717) is 38.3 Å². The normalized spacial score (nSPS) is 25.9. The monoisotopic (exact) mass is 395 g/mol. The predicted molar refractivity (Wildman–Crippen MR) is 99.2 cm³/mol. The SMILES string of the molecule is Cc1cc2n(n1)[C@@H](C(F)F)C[C@@H](C1CCN(C(=O)CN3CCCC3=O)CC1)N2.